The van der Waals surface area contributed by atoms with Gasteiger partial charge in [0.25, 0.3) is 0 Å². The Bertz CT molecular complexity index is 574. The third-order valence-corrected chi connectivity index (χ3v) is 3.16. The molecule has 1 unspecified atom stereocenters. The van der Waals surface area contributed by atoms with Gasteiger partial charge in [-0.25, -0.2) is 0 Å². The zero-order valence-electron chi connectivity index (χ0n) is 10.8. The van der Waals surface area contributed by atoms with Crippen LogP contribution in [-0.4, -0.2) is 18.6 Å². The second-order valence-corrected chi connectivity index (χ2v) is 4.31. The largest absolute Gasteiger partial charge is 0.366 e. The molecule has 0 aliphatic rings. The lowest BCUT2D eigenvalue weighted by Crippen LogP contribution is -2.30. The monoisotopic (exact) mass is 252 g/mol. The summed E-state index contributed by atoms with van der Waals surface area (Å²) in [5.41, 5.74) is 8.63. The lowest BCUT2D eigenvalue weighted by Gasteiger charge is -2.29. The zero-order valence-corrected chi connectivity index (χ0v) is 10.8. The van der Waals surface area contributed by atoms with Crippen LogP contribution in [0.4, 0.5) is 5.69 Å². The fourth-order valence-corrected chi connectivity index (χ4v) is 2.08. The molecule has 96 valence electrons. The van der Waals surface area contributed by atoms with Crippen molar-refractivity contribution in [1.29, 1.82) is 5.26 Å². The van der Waals surface area contributed by atoms with Crippen LogP contribution in [0.5, 0.6) is 0 Å². The first kappa shape index (κ1) is 13.1. The molecule has 19 heavy (non-hydrogen) atoms. The highest BCUT2D eigenvalue weighted by Gasteiger charge is 2.15. The van der Waals surface area contributed by atoms with Gasteiger partial charge < -0.3 is 10.6 Å². The number of pyridine rings is 1. The molecule has 0 aliphatic heterocycles. The maximum Gasteiger partial charge on any atom is 0.0992 e. The van der Waals surface area contributed by atoms with Crippen molar-refractivity contribution < 1.29 is 0 Å². The molecule has 0 saturated heterocycles. The molecule has 0 fully saturated rings. The lowest BCUT2D eigenvalue weighted by atomic mass is 10.1. The topological polar surface area (TPSA) is 65.9 Å². The average molecular weight is 252 g/mol. The number of nitrogens with two attached hydrogens (primary N) is 1. The molecule has 0 amide bonds. The van der Waals surface area contributed by atoms with E-state index in [0.29, 0.717) is 12.1 Å². The van der Waals surface area contributed by atoms with Gasteiger partial charge in [0.15, 0.2) is 0 Å². The number of nitrogens with zero attached hydrogens (tertiary/aromatic N) is 3. The van der Waals surface area contributed by atoms with Crippen molar-refractivity contribution in [2.24, 2.45) is 5.73 Å². The quantitative estimate of drug-likeness (QED) is 0.904. The molecule has 0 spiro atoms. The van der Waals surface area contributed by atoms with Gasteiger partial charge in [-0.05, 0) is 35.9 Å². The number of anilines is 1. The predicted octanol–water partition coefficient (Wildman–Crippen LogP) is 2.09. The number of likely N-dealkylation sites (N-methyl/N-ethyl adjacent to an activating group) is 1. The van der Waals surface area contributed by atoms with E-state index in [0.717, 1.165) is 11.3 Å². The van der Waals surface area contributed by atoms with Gasteiger partial charge in [0, 0.05) is 31.7 Å². The van der Waals surface area contributed by atoms with E-state index >= 15 is 0 Å². The highest BCUT2D eigenvalue weighted by atomic mass is 15.1. The molecule has 0 radical (unpaired) electrons. The molecule has 1 aromatic heterocycles. The standard InChI is InChI=1S/C15H16N4/c1-19(14-4-2-3-12(9-14)10-16)15(11-17)13-5-7-18-8-6-13/h2-9,15H,11,17H2,1H3. The van der Waals surface area contributed by atoms with Gasteiger partial charge in [-0.2, -0.15) is 5.26 Å². The van der Waals surface area contributed by atoms with Crippen LogP contribution in [0.15, 0.2) is 48.8 Å². The number of nitriles is 1. The van der Waals surface area contributed by atoms with E-state index in [-0.39, 0.29) is 6.04 Å². The Morgan fingerprint density at radius 3 is 2.68 bits per heavy atom. The SMILES string of the molecule is CN(c1cccc(C#N)c1)C(CN)c1ccncc1. The van der Waals surface area contributed by atoms with Gasteiger partial charge in [-0.15, -0.1) is 0 Å². The normalized spacial score (nSPS) is 11.6. The van der Waals surface area contributed by atoms with Gasteiger partial charge in [0.2, 0.25) is 0 Å². The number of rotatable bonds is 4. The van der Waals surface area contributed by atoms with Crippen LogP contribution in [0.3, 0.4) is 0 Å². The van der Waals surface area contributed by atoms with Crippen LogP contribution in [-0.2, 0) is 0 Å². The summed E-state index contributed by atoms with van der Waals surface area (Å²) in [6.45, 7) is 0.497. The van der Waals surface area contributed by atoms with Crippen LogP contribution < -0.4 is 10.6 Å². The van der Waals surface area contributed by atoms with E-state index in [9.17, 15) is 0 Å². The summed E-state index contributed by atoms with van der Waals surface area (Å²) in [5.74, 6) is 0. The maximum absolute atomic E-state index is 8.96. The highest BCUT2D eigenvalue weighted by Crippen LogP contribution is 2.25. The van der Waals surface area contributed by atoms with Crippen molar-refractivity contribution in [3.63, 3.8) is 0 Å². The maximum atomic E-state index is 8.96. The van der Waals surface area contributed by atoms with Gasteiger partial charge in [0.1, 0.15) is 0 Å². The van der Waals surface area contributed by atoms with Crippen LogP contribution in [0.25, 0.3) is 0 Å². The Kier molecular flexibility index (Phi) is 4.11. The second-order valence-electron chi connectivity index (χ2n) is 4.31. The molecule has 2 rings (SSSR count). The van der Waals surface area contributed by atoms with Crippen LogP contribution in [0.2, 0.25) is 0 Å². The number of hydrogen-bond donors (Lipinski definition) is 1. The van der Waals surface area contributed by atoms with E-state index in [1.54, 1.807) is 18.5 Å². The van der Waals surface area contributed by atoms with Crippen molar-refractivity contribution in [3.05, 3.63) is 59.9 Å². The molecule has 1 atom stereocenters. The van der Waals surface area contributed by atoms with Gasteiger partial charge >= 0.3 is 0 Å². The molecular formula is C15H16N4. The minimum Gasteiger partial charge on any atom is -0.366 e. The Balaban J connectivity index is 2.31. The Labute approximate surface area is 113 Å². The van der Waals surface area contributed by atoms with Crippen molar-refractivity contribution in [2.45, 2.75) is 6.04 Å². The van der Waals surface area contributed by atoms with Gasteiger partial charge in [-0.3, -0.25) is 4.98 Å². The van der Waals surface area contributed by atoms with Crippen LogP contribution in [0, 0.1) is 11.3 Å². The predicted molar refractivity (Wildman–Crippen MR) is 75.6 cm³/mol. The molecule has 4 nitrogen and oxygen atoms in total. The summed E-state index contributed by atoms with van der Waals surface area (Å²) in [7, 11) is 1.98. The van der Waals surface area contributed by atoms with Gasteiger partial charge in [0.05, 0.1) is 17.7 Å². The van der Waals surface area contributed by atoms with Gasteiger partial charge in [-0.1, -0.05) is 6.07 Å². The number of hydrogen-bond acceptors (Lipinski definition) is 4. The smallest absolute Gasteiger partial charge is 0.0992 e. The molecule has 2 N–H and O–H groups in total. The van der Waals surface area contributed by atoms with Crippen LogP contribution in [0.1, 0.15) is 17.2 Å². The van der Waals surface area contributed by atoms with E-state index < -0.39 is 0 Å². The molecule has 4 heteroatoms. The van der Waals surface area contributed by atoms with Crippen molar-refractivity contribution in [3.8, 4) is 6.07 Å². The Morgan fingerprint density at radius 2 is 2.05 bits per heavy atom. The molecule has 1 aromatic carbocycles. The summed E-state index contributed by atoms with van der Waals surface area (Å²) in [5, 5.41) is 8.96. The van der Waals surface area contributed by atoms with Crippen molar-refractivity contribution in [1.82, 2.24) is 4.98 Å². The first-order valence-corrected chi connectivity index (χ1v) is 6.09. The number of aromatic nitrogens is 1. The van der Waals surface area contributed by atoms with E-state index in [2.05, 4.69) is 16.0 Å². The highest BCUT2D eigenvalue weighted by molar-refractivity contribution is 5.52. The average Bonchev–Trinajstić information content (AvgIpc) is 2.49. The summed E-state index contributed by atoms with van der Waals surface area (Å²) >= 11 is 0. The fraction of sp³-hybridized carbons (Fsp3) is 0.200. The summed E-state index contributed by atoms with van der Waals surface area (Å²) in [4.78, 5) is 6.10. The molecule has 1 heterocycles. The number of benzene rings is 1. The van der Waals surface area contributed by atoms with E-state index in [1.807, 2.05) is 37.4 Å². The summed E-state index contributed by atoms with van der Waals surface area (Å²) < 4.78 is 0. The Morgan fingerprint density at radius 1 is 1.32 bits per heavy atom. The third kappa shape index (κ3) is 2.90. The van der Waals surface area contributed by atoms with E-state index in [4.69, 9.17) is 11.0 Å². The second kappa shape index (κ2) is 5.98. The summed E-state index contributed by atoms with van der Waals surface area (Å²) in [6.07, 6.45) is 3.52. The van der Waals surface area contributed by atoms with E-state index in [1.165, 1.54) is 0 Å². The molecule has 0 saturated carbocycles. The first-order valence-electron chi connectivity index (χ1n) is 6.09. The molecular weight excluding hydrogens is 236 g/mol. The molecule has 0 bridgehead atoms. The third-order valence-electron chi connectivity index (χ3n) is 3.16. The minimum atomic E-state index is 0.0666. The van der Waals surface area contributed by atoms with Crippen molar-refractivity contribution >= 4 is 5.69 Å². The summed E-state index contributed by atoms with van der Waals surface area (Å²) in [6, 6.07) is 13.7. The minimum absolute atomic E-state index is 0.0666. The Hall–Kier alpha value is -2.38. The fourth-order valence-electron chi connectivity index (χ4n) is 2.08. The molecule has 2 aromatic rings. The zero-order chi connectivity index (χ0) is 13.7. The lowest BCUT2D eigenvalue weighted by molar-refractivity contribution is 0.679. The van der Waals surface area contributed by atoms with Crippen molar-refractivity contribution in [2.75, 3.05) is 18.5 Å². The van der Waals surface area contributed by atoms with Crippen LogP contribution >= 0.6 is 0 Å². The first-order chi connectivity index (χ1) is 9.26. The molecule has 0 aliphatic carbocycles.